The molecule has 0 aliphatic carbocycles. The van der Waals surface area contributed by atoms with E-state index in [1.165, 1.54) is 5.56 Å². The average molecular weight is 408 g/mol. The highest BCUT2D eigenvalue weighted by atomic mass is 32.2. The molecule has 0 aromatic heterocycles. The van der Waals surface area contributed by atoms with Crippen molar-refractivity contribution in [3.63, 3.8) is 0 Å². The summed E-state index contributed by atoms with van der Waals surface area (Å²) in [5.41, 5.74) is 1.76. The summed E-state index contributed by atoms with van der Waals surface area (Å²) in [6.07, 6.45) is 2.20. The largest absolute Gasteiger partial charge is 0.347 e. The van der Waals surface area contributed by atoms with Gasteiger partial charge in [-0.05, 0) is 64.0 Å². The van der Waals surface area contributed by atoms with Gasteiger partial charge in [-0.1, -0.05) is 19.1 Å². The van der Waals surface area contributed by atoms with Gasteiger partial charge in [-0.2, -0.15) is 0 Å². The van der Waals surface area contributed by atoms with Gasteiger partial charge in [0.25, 0.3) is 5.91 Å². The summed E-state index contributed by atoms with van der Waals surface area (Å²) in [7, 11) is -3.10. The minimum Gasteiger partial charge on any atom is -0.347 e. The van der Waals surface area contributed by atoms with Crippen LogP contribution in [0.5, 0.6) is 0 Å². The maximum Gasteiger partial charge on any atom is 0.251 e. The van der Waals surface area contributed by atoms with Gasteiger partial charge in [0, 0.05) is 24.2 Å². The number of nitrogens with one attached hydrogen (secondary N) is 1. The first-order chi connectivity index (χ1) is 13.3. The van der Waals surface area contributed by atoms with E-state index < -0.39 is 9.84 Å². The summed E-state index contributed by atoms with van der Waals surface area (Å²) in [6.45, 7) is 10.2. The standard InChI is InChI=1S/C21H33N3O3S/c1-4-23(16(2)3)13-17-7-9-18(10-8-17)21(25)22-19-14-28(26,27)15-20(19)24-11-5-6-12-24/h7-10,16,19-20H,4-6,11-15H2,1-3H3,(H,22,25). The lowest BCUT2D eigenvalue weighted by Crippen LogP contribution is -2.50. The molecule has 2 aliphatic rings. The molecule has 2 aliphatic heterocycles. The summed E-state index contributed by atoms with van der Waals surface area (Å²) in [5, 5.41) is 3.00. The fourth-order valence-corrected chi connectivity index (χ4v) is 6.26. The van der Waals surface area contributed by atoms with Crippen LogP contribution in [-0.2, 0) is 16.4 Å². The van der Waals surface area contributed by atoms with Crippen LogP contribution in [0.25, 0.3) is 0 Å². The van der Waals surface area contributed by atoms with Crippen molar-refractivity contribution in [2.24, 2.45) is 0 Å². The van der Waals surface area contributed by atoms with Crippen molar-refractivity contribution < 1.29 is 13.2 Å². The third-order valence-electron chi connectivity index (χ3n) is 5.99. The zero-order valence-electron chi connectivity index (χ0n) is 17.2. The van der Waals surface area contributed by atoms with Crippen molar-refractivity contribution in [3.05, 3.63) is 35.4 Å². The van der Waals surface area contributed by atoms with Crippen LogP contribution in [0.4, 0.5) is 0 Å². The first-order valence-electron chi connectivity index (χ1n) is 10.4. The predicted octanol–water partition coefficient (Wildman–Crippen LogP) is 1.91. The number of likely N-dealkylation sites (tertiary alicyclic amines) is 1. The van der Waals surface area contributed by atoms with E-state index in [1.54, 1.807) is 0 Å². The van der Waals surface area contributed by atoms with Crippen LogP contribution in [0.2, 0.25) is 0 Å². The van der Waals surface area contributed by atoms with Crippen molar-refractivity contribution in [2.75, 3.05) is 31.1 Å². The molecule has 1 amide bonds. The lowest BCUT2D eigenvalue weighted by Gasteiger charge is -2.28. The zero-order chi connectivity index (χ0) is 20.3. The number of carbonyl (C=O) groups excluding carboxylic acids is 1. The van der Waals surface area contributed by atoms with E-state index in [-0.39, 0.29) is 29.5 Å². The molecule has 2 atom stereocenters. The summed E-state index contributed by atoms with van der Waals surface area (Å²) in [4.78, 5) is 17.3. The Morgan fingerprint density at radius 1 is 1.18 bits per heavy atom. The zero-order valence-corrected chi connectivity index (χ0v) is 18.0. The third kappa shape index (κ3) is 5.13. The molecule has 2 fully saturated rings. The molecule has 0 radical (unpaired) electrons. The highest BCUT2D eigenvalue weighted by molar-refractivity contribution is 7.91. The number of hydrogen-bond acceptors (Lipinski definition) is 5. The van der Waals surface area contributed by atoms with Gasteiger partial charge in [-0.25, -0.2) is 8.42 Å². The van der Waals surface area contributed by atoms with Crippen LogP contribution in [0.1, 0.15) is 49.5 Å². The fourth-order valence-electron chi connectivity index (χ4n) is 4.31. The Bertz CT molecular complexity index is 771. The van der Waals surface area contributed by atoms with Crippen LogP contribution in [0, 0.1) is 0 Å². The summed E-state index contributed by atoms with van der Waals surface area (Å²) in [5.74, 6) is 0.00519. The van der Waals surface area contributed by atoms with E-state index in [0.717, 1.165) is 39.0 Å². The number of carbonyl (C=O) groups is 1. The minimum absolute atomic E-state index is 0.0395. The second-order valence-corrected chi connectivity index (χ2v) is 10.5. The van der Waals surface area contributed by atoms with E-state index in [4.69, 9.17) is 0 Å². The van der Waals surface area contributed by atoms with Gasteiger partial charge in [0.2, 0.25) is 0 Å². The quantitative estimate of drug-likeness (QED) is 0.748. The van der Waals surface area contributed by atoms with Crippen molar-refractivity contribution in [1.29, 1.82) is 0 Å². The van der Waals surface area contributed by atoms with Gasteiger partial charge in [0.05, 0.1) is 17.5 Å². The van der Waals surface area contributed by atoms with Crippen molar-refractivity contribution in [3.8, 4) is 0 Å². The molecule has 1 aromatic rings. The van der Waals surface area contributed by atoms with E-state index in [9.17, 15) is 13.2 Å². The Balaban J connectivity index is 1.65. The number of sulfone groups is 1. The van der Waals surface area contributed by atoms with Gasteiger partial charge < -0.3 is 5.32 Å². The SMILES string of the molecule is CCN(Cc1ccc(C(=O)NC2CS(=O)(=O)CC2N2CCCC2)cc1)C(C)C. The molecule has 0 bridgehead atoms. The molecular formula is C21H33N3O3S. The van der Waals surface area contributed by atoms with Gasteiger partial charge in [0.1, 0.15) is 0 Å². The highest BCUT2D eigenvalue weighted by Gasteiger charge is 2.42. The topological polar surface area (TPSA) is 69.7 Å². The Hall–Kier alpha value is -1.44. The number of hydrogen-bond donors (Lipinski definition) is 1. The van der Waals surface area contributed by atoms with Crippen LogP contribution in [-0.4, -0.2) is 73.4 Å². The fraction of sp³-hybridized carbons (Fsp3) is 0.667. The maximum absolute atomic E-state index is 12.7. The molecular weight excluding hydrogens is 374 g/mol. The van der Waals surface area contributed by atoms with Crippen LogP contribution < -0.4 is 5.32 Å². The molecule has 7 heteroatoms. The second kappa shape index (κ2) is 8.93. The third-order valence-corrected chi connectivity index (χ3v) is 7.70. The Morgan fingerprint density at radius 2 is 1.82 bits per heavy atom. The highest BCUT2D eigenvalue weighted by Crippen LogP contribution is 2.23. The summed E-state index contributed by atoms with van der Waals surface area (Å²) >= 11 is 0. The van der Waals surface area contributed by atoms with Gasteiger partial charge in [-0.3, -0.25) is 14.6 Å². The molecule has 3 rings (SSSR count). The van der Waals surface area contributed by atoms with Crippen molar-refractivity contribution >= 4 is 15.7 Å². The monoisotopic (exact) mass is 407 g/mol. The van der Waals surface area contributed by atoms with Crippen LogP contribution in [0.3, 0.4) is 0 Å². The Labute approximate surface area is 169 Å². The number of nitrogens with zero attached hydrogens (tertiary/aromatic N) is 2. The minimum atomic E-state index is -3.10. The molecule has 1 aromatic carbocycles. The number of amides is 1. The first kappa shape index (κ1) is 21.3. The Kier molecular flexibility index (Phi) is 6.78. The van der Waals surface area contributed by atoms with Crippen LogP contribution in [0.15, 0.2) is 24.3 Å². The van der Waals surface area contributed by atoms with E-state index in [0.29, 0.717) is 11.6 Å². The molecule has 156 valence electrons. The molecule has 6 nitrogen and oxygen atoms in total. The van der Waals surface area contributed by atoms with E-state index >= 15 is 0 Å². The first-order valence-corrected chi connectivity index (χ1v) is 12.2. The molecule has 28 heavy (non-hydrogen) atoms. The van der Waals surface area contributed by atoms with E-state index in [1.807, 2.05) is 24.3 Å². The second-order valence-electron chi connectivity index (χ2n) is 8.32. The lowest BCUT2D eigenvalue weighted by molar-refractivity contribution is 0.0918. The maximum atomic E-state index is 12.7. The van der Waals surface area contributed by atoms with E-state index in [2.05, 4.69) is 35.9 Å². The van der Waals surface area contributed by atoms with Gasteiger partial charge in [-0.15, -0.1) is 0 Å². The smallest absolute Gasteiger partial charge is 0.251 e. The average Bonchev–Trinajstić information content (AvgIpc) is 3.27. The molecule has 2 heterocycles. The predicted molar refractivity (Wildman–Crippen MR) is 112 cm³/mol. The number of benzene rings is 1. The summed E-state index contributed by atoms with van der Waals surface area (Å²) in [6, 6.07) is 7.71. The van der Waals surface area contributed by atoms with Crippen LogP contribution >= 0.6 is 0 Å². The van der Waals surface area contributed by atoms with Gasteiger partial charge >= 0.3 is 0 Å². The summed E-state index contributed by atoms with van der Waals surface area (Å²) < 4.78 is 24.3. The molecule has 0 saturated carbocycles. The lowest BCUT2D eigenvalue weighted by atomic mass is 10.1. The normalized spacial score (nSPS) is 24.9. The molecule has 2 unspecified atom stereocenters. The molecule has 2 saturated heterocycles. The Morgan fingerprint density at radius 3 is 2.39 bits per heavy atom. The van der Waals surface area contributed by atoms with Crippen molar-refractivity contribution in [2.45, 2.75) is 58.3 Å². The van der Waals surface area contributed by atoms with Crippen molar-refractivity contribution in [1.82, 2.24) is 15.1 Å². The number of rotatable bonds is 7. The van der Waals surface area contributed by atoms with Gasteiger partial charge in [0.15, 0.2) is 9.84 Å². The molecule has 0 spiro atoms. The molecule has 1 N–H and O–H groups in total.